The highest BCUT2D eigenvalue weighted by Gasteiger charge is 2.08. The van der Waals surface area contributed by atoms with Gasteiger partial charge in [0.1, 0.15) is 5.75 Å². The Morgan fingerprint density at radius 2 is 1.96 bits per heavy atom. The normalized spacial score (nSPS) is 9.70. The summed E-state index contributed by atoms with van der Waals surface area (Å²) < 4.78 is 10.0. The molecule has 0 saturated heterocycles. The van der Waals surface area contributed by atoms with E-state index < -0.39 is 5.97 Å². The minimum atomic E-state index is -0.638. The van der Waals surface area contributed by atoms with Crippen LogP contribution in [0.15, 0.2) is 41.8 Å². The number of carbonyl (C=O) groups excluding carboxylic acids is 2. The second-order valence-electron chi connectivity index (χ2n) is 4.44. The van der Waals surface area contributed by atoms with Gasteiger partial charge in [-0.1, -0.05) is 6.07 Å². The van der Waals surface area contributed by atoms with E-state index in [4.69, 9.17) is 14.7 Å². The van der Waals surface area contributed by atoms with Crippen LogP contribution in [0.1, 0.15) is 10.4 Å². The number of benzene rings is 1. The Balaban J connectivity index is 1.64. The Bertz CT molecular complexity index is 690. The van der Waals surface area contributed by atoms with E-state index in [0.717, 1.165) is 4.88 Å². The SMILES string of the molecule is N#Cc1ccc(OCC(=O)OCC(=O)NCc2cccs2)cc1. The number of rotatable bonds is 7. The summed E-state index contributed by atoms with van der Waals surface area (Å²) >= 11 is 1.54. The van der Waals surface area contributed by atoms with Crippen LogP contribution >= 0.6 is 11.3 Å². The number of hydrogen-bond donors (Lipinski definition) is 1. The first-order chi connectivity index (χ1) is 11.2. The lowest BCUT2D eigenvalue weighted by Crippen LogP contribution is -2.29. The lowest BCUT2D eigenvalue weighted by molar-refractivity contribution is -0.150. The fourth-order valence-electron chi connectivity index (χ4n) is 1.61. The van der Waals surface area contributed by atoms with E-state index in [2.05, 4.69) is 5.32 Å². The maximum absolute atomic E-state index is 11.5. The van der Waals surface area contributed by atoms with E-state index in [0.29, 0.717) is 17.9 Å². The van der Waals surface area contributed by atoms with Crippen molar-refractivity contribution >= 4 is 23.2 Å². The van der Waals surface area contributed by atoms with E-state index in [1.54, 1.807) is 24.3 Å². The Hall–Kier alpha value is -2.85. The zero-order valence-electron chi connectivity index (χ0n) is 12.2. The van der Waals surface area contributed by atoms with Gasteiger partial charge in [0.25, 0.3) is 5.91 Å². The lowest BCUT2D eigenvalue weighted by atomic mass is 10.2. The molecule has 1 N–H and O–H groups in total. The van der Waals surface area contributed by atoms with Crippen LogP contribution in [0.3, 0.4) is 0 Å². The summed E-state index contributed by atoms with van der Waals surface area (Å²) in [6.07, 6.45) is 0. The molecule has 1 aromatic heterocycles. The topological polar surface area (TPSA) is 88.4 Å². The van der Waals surface area contributed by atoms with Crippen molar-refractivity contribution in [3.63, 3.8) is 0 Å². The zero-order valence-corrected chi connectivity index (χ0v) is 13.0. The molecule has 7 heteroatoms. The monoisotopic (exact) mass is 330 g/mol. The average Bonchev–Trinajstić information content (AvgIpc) is 3.10. The third kappa shape index (κ3) is 5.80. The summed E-state index contributed by atoms with van der Waals surface area (Å²) in [6, 6.07) is 12.1. The van der Waals surface area contributed by atoms with E-state index in [9.17, 15) is 9.59 Å². The third-order valence-electron chi connectivity index (χ3n) is 2.74. The van der Waals surface area contributed by atoms with Gasteiger partial charge in [-0.05, 0) is 35.7 Å². The summed E-state index contributed by atoms with van der Waals surface area (Å²) in [4.78, 5) is 24.1. The number of hydrogen-bond acceptors (Lipinski definition) is 6. The van der Waals surface area contributed by atoms with Crippen molar-refractivity contribution in [2.45, 2.75) is 6.54 Å². The van der Waals surface area contributed by atoms with Crippen molar-refractivity contribution in [1.29, 1.82) is 5.26 Å². The number of ether oxygens (including phenoxy) is 2. The molecule has 0 aliphatic heterocycles. The summed E-state index contributed by atoms with van der Waals surface area (Å²) in [5.74, 6) is -0.561. The molecule has 6 nitrogen and oxygen atoms in total. The van der Waals surface area contributed by atoms with Crippen molar-refractivity contribution in [3.8, 4) is 11.8 Å². The third-order valence-corrected chi connectivity index (χ3v) is 3.62. The predicted octanol–water partition coefficient (Wildman–Crippen LogP) is 1.86. The number of nitrogens with zero attached hydrogens (tertiary/aromatic N) is 1. The summed E-state index contributed by atoms with van der Waals surface area (Å²) in [5, 5.41) is 13.2. The molecule has 0 spiro atoms. The van der Waals surface area contributed by atoms with Gasteiger partial charge in [-0.3, -0.25) is 4.79 Å². The van der Waals surface area contributed by atoms with Gasteiger partial charge in [-0.2, -0.15) is 5.26 Å². The standard InChI is InChI=1S/C16H14N2O4S/c17-8-12-3-5-13(6-4-12)21-11-16(20)22-10-15(19)18-9-14-2-1-7-23-14/h1-7H,9-11H2,(H,18,19). The molecule has 0 unspecified atom stereocenters. The molecule has 0 radical (unpaired) electrons. The number of esters is 1. The highest BCUT2D eigenvalue weighted by atomic mass is 32.1. The molecule has 0 atom stereocenters. The molecule has 118 valence electrons. The molecule has 1 aromatic carbocycles. The van der Waals surface area contributed by atoms with Gasteiger partial charge in [-0.25, -0.2) is 4.79 Å². The molecule has 2 aromatic rings. The number of amides is 1. The van der Waals surface area contributed by atoms with Crippen molar-refractivity contribution in [1.82, 2.24) is 5.32 Å². The van der Waals surface area contributed by atoms with Crippen LogP contribution in [0.2, 0.25) is 0 Å². The first kappa shape index (κ1) is 16.5. The molecule has 2 rings (SSSR count). The van der Waals surface area contributed by atoms with Crippen LogP contribution in [0.5, 0.6) is 5.75 Å². The second-order valence-corrected chi connectivity index (χ2v) is 5.47. The minimum absolute atomic E-state index is 0.301. The maximum Gasteiger partial charge on any atom is 0.344 e. The molecule has 0 saturated carbocycles. The van der Waals surface area contributed by atoms with Gasteiger partial charge in [0, 0.05) is 4.88 Å². The smallest absolute Gasteiger partial charge is 0.344 e. The highest BCUT2D eigenvalue weighted by Crippen LogP contribution is 2.11. The maximum atomic E-state index is 11.5. The Morgan fingerprint density at radius 1 is 1.17 bits per heavy atom. The van der Waals surface area contributed by atoms with Crippen LogP contribution in [0, 0.1) is 11.3 Å². The lowest BCUT2D eigenvalue weighted by Gasteiger charge is -2.07. The molecule has 23 heavy (non-hydrogen) atoms. The molecular formula is C16H14N2O4S. The molecule has 0 aliphatic rings. The molecule has 1 heterocycles. The van der Waals surface area contributed by atoms with Gasteiger partial charge < -0.3 is 14.8 Å². The Morgan fingerprint density at radius 3 is 2.61 bits per heavy atom. The first-order valence-corrected chi connectivity index (χ1v) is 7.63. The molecule has 0 fully saturated rings. The van der Waals surface area contributed by atoms with Gasteiger partial charge >= 0.3 is 5.97 Å². The fraction of sp³-hybridized carbons (Fsp3) is 0.188. The van der Waals surface area contributed by atoms with Crippen LogP contribution in [0.25, 0.3) is 0 Å². The first-order valence-electron chi connectivity index (χ1n) is 6.75. The van der Waals surface area contributed by atoms with Crippen molar-refractivity contribution in [2.24, 2.45) is 0 Å². The minimum Gasteiger partial charge on any atom is -0.482 e. The molecule has 0 aliphatic carbocycles. The van der Waals surface area contributed by atoms with Crippen LogP contribution in [0.4, 0.5) is 0 Å². The number of carbonyl (C=O) groups is 2. The van der Waals surface area contributed by atoms with Crippen molar-refractivity contribution in [3.05, 3.63) is 52.2 Å². The average molecular weight is 330 g/mol. The summed E-state index contributed by atoms with van der Waals surface area (Å²) in [7, 11) is 0. The molecule has 0 bridgehead atoms. The number of nitriles is 1. The van der Waals surface area contributed by atoms with Crippen LogP contribution in [-0.4, -0.2) is 25.1 Å². The molecular weight excluding hydrogens is 316 g/mol. The Kier molecular flexibility index (Phi) is 6.15. The Labute approximate surface area is 137 Å². The van der Waals surface area contributed by atoms with Gasteiger partial charge in [0.15, 0.2) is 13.2 Å². The van der Waals surface area contributed by atoms with Gasteiger partial charge in [-0.15, -0.1) is 11.3 Å². The van der Waals surface area contributed by atoms with Crippen LogP contribution < -0.4 is 10.1 Å². The number of nitrogens with one attached hydrogen (secondary N) is 1. The molecule has 1 amide bonds. The predicted molar refractivity (Wildman–Crippen MR) is 83.8 cm³/mol. The zero-order chi connectivity index (χ0) is 16.5. The summed E-state index contributed by atoms with van der Waals surface area (Å²) in [5.41, 5.74) is 0.502. The van der Waals surface area contributed by atoms with Crippen molar-refractivity contribution in [2.75, 3.05) is 13.2 Å². The van der Waals surface area contributed by atoms with E-state index in [1.807, 2.05) is 23.6 Å². The second kappa shape index (κ2) is 8.56. The van der Waals surface area contributed by atoms with E-state index in [1.165, 1.54) is 11.3 Å². The largest absolute Gasteiger partial charge is 0.482 e. The van der Waals surface area contributed by atoms with Crippen LogP contribution in [-0.2, 0) is 20.9 Å². The van der Waals surface area contributed by atoms with E-state index in [-0.39, 0.29) is 19.1 Å². The summed E-state index contributed by atoms with van der Waals surface area (Å²) in [6.45, 7) is -0.235. The van der Waals surface area contributed by atoms with Crippen molar-refractivity contribution < 1.29 is 19.1 Å². The van der Waals surface area contributed by atoms with E-state index >= 15 is 0 Å². The van der Waals surface area contributed by atoms with Gasteiger partial charge in [0.05, 0.1) is 18.2 Å². The quantitative estimate of drug-likeness (QED) is 0.783. The fourth-order valence-corrected chi connectivity index (χ4v) is 2.25. The number of thiophene rings is 1. The highest BCUT2D eigenvalue weighted by molar-refractivity contribution is 7.09. The van der Waals surface area contributed by atoms with Gasteiger partial charge in [0.2, 0.25) is 0 Å².